The van der Waals surface area contributed by atoms with Crippen molar-refractivity contribution in [3.05, 3.63) is 42.2 Å². The van der Waals surface area contributed by atoms with Crippen LogP contribution >= 0.6 is 0 Å². The number of oxazole rings is 1. The Balaban J connectivity index is 1.99. The third kappa shape index (κ3) is 2.46. The molecule has 0 radical (unpaired) electrons. The van der Waals surface area contributed by atoms with Crippen molar-refractivity contribution in [3.8, 4) is 5.75 Å². The van der Waals surface area contributed by atoms with Gasteiger partial charge in [-0.15, -0.1) is 0 Å². The first kappa shape index (κ1) is 9.51. The van der Waals surface area contributed by atoms with Crippen LogP contribution in [0.15, 0.2) is 34.9 Å². The summed E-state index contributed by atoms with van der Waals surface area (Å²) in [5, 5.41) is 0. The van der Waals surface area contributed by atoms with Gasteiger partial charge in [0.25, 0.3) is 0 Å². The molecule has 5 heteroatoms. The molecule has 0 spiro atoms. The lowest BCUT2D eigenvalue weighted by atomic mass is 10.3. The summed E-state index contributed by atoms with van der Waals surface area (Å²) in [7, 11) is 0. The van der Waals surface area contributed by atoms with E-state index in [2.05, 4.69) is 4.98 Å². The summed E-state index contributed by atoms with van der Waals surface area (Å²) in [6.45, 7) is 0.126. The highest BCUT2D eigenvalue weighted by molar-refractivity contribution is 5.22. The van der Waals surface area contributed by atoms with E-state index in [-0.39, 0.29) is 18.3 Å². The van der Waals surface area contributed by atoms with Gasteiger partial charge in [-0.2, -0.15) is 0 Å². The number of anilines is 1. The lowest BCUT2D eigenvalue weighted by Crippen LogP contribution is -1.95. The van der Waals surface area contributed by atoms with Crippen LogP contribution < -0.4 is 10.5 Å². The number of halogens is 1. The summed E-state index contributed by atoms with van der Waals surface area (Å²) in [6, 6.07) is 5.84. The highest BCUT2D eigenvalue weighted by Crippen LogP contribution is 2.14. The van der Waals surface area contributed by atoms with E-state index < -0.39 is 0 Å². The highest BCUT2D eigenvalue weighted by Gasteiger charge is 2.02. The summed E-state index contributed by atoms with van der Waals surface area (Å²) in [6.07, 6.45) is 1.39. The molecule has 1 heterocycles. The first-order valence-electron chi connectivity index (χ1n) is 4.32. The van der Waals surface area contributed by atoms with E-state index in [0.29, 0.717) is 11.6 Å². The third-order valence-electron chi connectivity index (χ3n) is 1.73. The summed E-state index contributed by atoms with van der Waals surface area (Å²) in [4.78, 5) is 3.84. The molecule has 2 N–H and O–H groups in total. The van der Waals surface area contributed by atoms with E-state index in [1.807, 2.05) is 0 Å². The lowest BCUT2D eigenvalue weighted by Gasteiger charge is -2.02. The number of hydrogen-bond acceptors (Lipinski definition) is 4. The normalized spacial score (nSPS) is 10.2. The second-order valence-corrected chi connectivity index (χ2v) is 2.90. The fourth-order valence-corrected chi connectivity index (χ4v) is 1.09. The molecule has 78 valence electrons. The number of nitrogens with two attached hydrogens (primary N) is 1. The molecular weight excluding hydrogens is 199 g/mol. The fourth-order valence-electron chi connectivity index (χ4n) is 1.09. The van der Waals surface area contributed by atoms with Crippen molar-refractivity contribution < 1.29 is 13.5 Å². The summed E-state index contributed by atoms with van der Waals surface area (Å²) < 4.78 is 23.0. The molecule has 0 saturated carbocycles. The average Bonchev–Trinajstić information content (AvgIpc) is 2.62. The van der Waals surface area contributed by atoms with Crippen molar-refractivity contribution in [1.29, 1.82) is 0 Å². The minimum absolute atomic E-state index is 0.126. The van der Waals surface area contributed by atoms with Gasteiger partial charge in [-0.25, -0.2) is 9.37 Å². The molecule has 2 rings (SSSR count). The molecule has 1 aromatic carbocycles. The number of benzene rings is 1. The van der Waals surface area contributed by atoms with Gasteiger partial charge < -0.3 is 14.9 Å². The van der Waals surface area contributed by atoms with E-state index in [4.69, 9.17) is 14.9 Å². The molecule has 0 amide bonds. The quantitative estimate of drug-likeness (QED) is 0.837. The predicted molar refractivity (Wildman–Crippen MR) is 51.6 cm³/mol. The Labute approximate surface area is 85.5 Å². The van der Waals surface area contributed by atoms with Crippen LogP contribution in [-0.2, 0) is 6.61 Å². The Bertz CT molecular complexity index is 456. The molecule has 0 aliphatic rings. The summed E-state index contributed by atoms with van der Waals surface area (Å²) in [5.74, 6) is 0.663. The Morgan fingerprint density at radius 1 is 1.47 bits per heavy atom. The van der Waals surface area contributed by atoms with Gasteiger partial charge >= 0.3 is 0 Å². The average molecular weight is 208 g/mol. The fraction of sp³-hybridized carbons (Fsp3) is 0.100. The number of hydrogen-bond donors (Lipinski definition) is 1. The molecule has 15 heavy (non-hydrogen) atoms. The standard InChI is InChI=1S/C10H9FN2O2/c11-7-2-1-3-8(4-7)14-6-10-13-5-9(12)15-10/h1-5H,6,12H2. The van der Waals surface area contributed by atoms with Crippen LogP contribution in [0.1, 0.15) is 5.89 Å². The summed E-state index contributed by atoms with van der Waals surface area (Å²) in [5.41, 5.74) is 5.33. The predicted octanol–water partition coefficient (Wildman–Crippen LogP) is 1.97. The molecule has 0 bridgehead atoms. The molecule has 0 saturated heterocycles. The van der Waals surface area contributed by atoms with Gasteiger partial charge in [-0.1, -0.05) is 6.07 Å². The third-order valence-corrected chi connectivity index (χ3v) is 1.73. The zero-order chi connectivity index (χ0) is 10.7. The van der Waals surface area contributed by atoms with Crippen LogP contribution in [-0.4, -0.2) is 4.98 Å². The van der Waals surface area contributed by atoms with Crippen LogP contribution in [0.4, 0.5) is 10.3 Å². The van der Waals surface area contributed by atoms with Gasteiger partial charge in [0.2, 0.25) is 11.8 Å². The minimum atomic E-state index is -0.348. The van der Waals surface area contributed by atoms with Crippen LogP contribution in [0, 0.1) is 5.82 Å². The molecule has 4 nitrogen and oxygen atoms in total. The van der Waals surface area contributed by atoms with Gasteiger partial charge in [0.05, 0.1) is 6.20 Å². The zero-order valence-corrected chi connectivity index (χ0v) is 7.81. The first-order valence-corrected chi connectivity index (χ1v) is 4.32. The second kappa shape index (κ2) is 4.00. The van der Waals surface area contributed by atoms with Gasteiger partial charge in [0.15, 0.2) is 6.61 Å². The number of rotatable bonds is 3. The topological polar surface area (TPSA) is 61.3 Å². The van der Waals surface area contributed by atoms with Gasteiger partial charge in [-0.3, -0.25) is 0 Å². The van der Waals surface area contributed by atoms with E-state index in [0.717, 1.165) is 0 Å². The Morgan fingerprint density at radius 2 is 2.33 bits per heavy atom. The smallest absolute Gasteiger partial charge is 0.234 e. The Morgan fingerprint density at radius 3 is 3.00 bits per heavy atom. The van der Waals surface area contributed by atoms with Crippen LogP contribution in [0.2, 0.25) is 0 Å². The second-order valence-electron chi connectivity index (χ2n) is 2.90. The van der Waals surface area contributed by atoms with Crippen molar-refractivity contribution in [2.45, 2.75) is 6.61 Å². The van der Waals surface area contributed by atoms with Gasteiger partial charge in [-0.05, 0) is 12.1 Å². The SMILES string of the molecule is Nc1cnc(COc2cccc(F)c2)o1. The van der Waals surface area contributed by atoms with Crippen molar-refractivity contribution >= 4 is 5.88 Å². The molecule has 0 fully saturated rings. The minimum Gasteiger partial charge on any atom is -0.484 e. The van der Waals surface area contributed by atoms with Crippen molar-refractivity contribution in [1.82, 2.24) is 4.98 Å². The van der Waals surface area contributed by atoms with E-state index in [1.165, 1.54) is 18.3 Å². The maximum atomic E-state index is 12.8. The van der Waals surface area contributed by atoms with Crippen molar-refractivity contribution in [2.75, 3.05) is 5.73 Å². The molecule has 0 atom stereocenters. The lowest BCUT2D eigenvalue weighted by molar-refractivity contribution is 0.264. The Kier molecular flexibility index (Phi) is 2.53. The molecule has 0 unspecified atom stereocenters. The Hall–Kier alpha value is -2.04. The van der Waals surface area contributed by atoms with Gasteiger partial charge in [0, 0.05) is 6.07 Å². The van der Waals surface area contributed by atoms with E-state index >= 15 is 0 Å². The van der Waals surface area contributed by atoms with Crippen LogP contribution in [0.5, 0.6) is 5.75 Å². The van der Waals surface area contributed by atoms with Crippen molar-refractivity contribution in [3.63, 3.8) is 0 Å². The monoisotopic (exact) mass is 208 g/mol. The maximum absolute atomic E-state index is 12.8. The first-order chi connectivity index (χ1) is 7.24. The number of nitrogens with zero attached hydrogens (tertiary/aromatic N) is 1. The maximum Gasteiger partial charge on any atom is 0.234 e. The molecule has 0 aliphatic carbocycles. The number of aromatic nitrogens is 1. The van der Waals surface area contributed by atoms with Crippen LogP contribution in [0.25, 0.3) is 0 Å². The van der Waals surface area contributed by atoms with Crippen molar-refractivity contribution in [2.24, 2.45) is 0 Å². The largest absolute Gasteiger partial charge is 0.484 e. The number of ether oxygens (including phenoxy) is 1. The van der Waals surface area contributed by atoms with Crippen LogP contribution in [0.3, 0.4) is 0 Å². The van der Waals surface area contributed by atoms with E-state index in [9.17, 15) is 4.39 Å². The van der Waals surface area contributed by atoms with Gasteiger partial charge in [0.1, 0.15) is 11.6 Å². The molecular formula is C10H9FN2O2. The molecule has 0 aliphatic heterocycles. The highest BCUT2D eigenvalue weighted by atomic mass is 19.1. The molecule has 1 aromatic heterocycles. The van der Waals surface area contributed by atoms with E-state index in [1.54, 1.807) is 12.1 Å². The summed E-state index contributed by atoms with van der Waals surface area (Å²) >= 11 is 0. The molecule has 2 aromatic rings. The number of nitrogen functional groups attached to an aromatic ring is 1. The zero-order valence-electron chi connectivity index (χ0n) is 7.81.